The van der Waals surface area contributed by atoms with Gasteiger partial charge in [0.25, 0.3) is 5.91 Å². The van der Waals surface area contributed by atoms with Crippen molar-refractivity contribution in [3.05, 3.63) is 48.5 Å². The van der Waals surface area contributed by atoms with Gasteiger partial charge >= 0.3 is 0 Å². The van der Waals surface area contributed by atoms with Crippen LogP contribution in [0.1, 0.15) is 10.4 Å². The molecule has 1 amide bonds. The maximum absolute atomic E-state index is 12.5. The zero-order valence-electron chi connectivity index (χ0n) is 13.7. The molecule has 3 heterocycles. The molecule has 1 N–H and O–H groups in total. The number of rotatable bonds is 5. The Hall–Kier alpha value is -2.60. The van der Waals surface area contributed by atoms with Gasteiger partial charge in [-0.15, -0.1) is 0 Å². The van der Waals surface area contributed by atoms with Gasteiger partial charge in [0, 0.05) is 32.5 Å². The van der Waals surface area contributed by atoms with Crippen molar-refractivity contribution in [1.29, 1.82) is 0 Å². The van der Waals surface area contributed by atoms with Crippen LogP contribution in [-0.4, -0.2) is 51.9 Å². The summed E-state index contributed by atoms with van der Waals surface area (Å²) in [5, 5.41) is 2.97. The Labute approximate surface area is 135 Å². The number of nitrogens with one attached hydrogen (secondary N) is 1. The van der Waals surface area contributed by atoms with E-state index in [0.717, 1.165) is 23.4 Å². The highest BCUT2D eigenvalue weighted by Gasteiger charge is 2.17. The third-order valence-corrected chi connectivity index (χ3v) is 3.73. The summed E-state index contributed by atoms with van der Waals surface area (Å²) >= 11 is 0. The summed E-state index contributed by atoms with van der Waals surface area (Å²) in [6, 6.07) is 7.75. The lowest BCUT2D eigenvalue weighted by Gasteiger charge is -2.10. The number of pyridine rings is 1. The molecule has 0 saturated carbocycles. The summed E-state index contributed by atoms with van der Waals surface area (Å²) < 4.78 is 3.90. The van der Waals surface area contributed by atoms with E-state index in [-0.39, 0.29) is 5.91 Å². The monoisotopic (exact) mass is 311 g/mol. The Kier molecular flexibility index (Phi) is 4.16. The molecule has 0 saturated heterocycles. The van der Waals surface area contributed by atoms with Crippen molar-refractivity contribution in [2.75, 3.05) is 27.2 Å². The number of likely N-dealkylation sites (N-methyl/N-ethyl adjacent to an activating group) is 1. The van der Waals surface area contributed by atoms with Gasteiger partial charge in [-0.1, -0.05) is 6.07 Å². The molecule has 3 aromatic heterocycles. The Morgan fingerprint density at radius 2 is 2.17 bits per heavy atom. The zero-order valence-corrected chi connectivity index (χ0v) is 13.7. The summed E-state index contributed by atoms with van der Waals surface area (Å²) in [7, 11) is 5.90. The predicted molar refractivity (Wildman–Crippen MR) is 90.5 cm³/mol. The lowest BCUT2D eigenvalue weighted by molar-refractivity contribution is 0.0953. The first-order valence-corrected chi connectivity index (χ1v) is 7.57. The number of hydrogen-bond acceptors (Lipinski definition) is 3. The van der Waals surface area contributed by atoms with Gasteiger partial charge in [-0.05, 0) is 32.3 Å². The quantitative estimate of drug-likeness (QED) is 0.779. The number of carbonyl (C=O) groups excluding carboxylic acids is 1. The lowest BCUT2D eigenvalue weighted by Crippen LogP contribution is -2.31. The molecule has 0 aliphatic rings. The van der Waals surface area contributed by atoms with Gasteiger partial charge in [-0.2, -0.15) is 0 Å². The minimum atomic E-state index is -0.0577. The SMILES string of the molecule is CN(C)CCNC(=O)c1cc(-c2cn(C)cn2)n2ccccc12. The van der Waals surface area contributed by atoms with E-state index >= 15 is 0 Å². The molecule has 3 aromatic rings. The Bertz CT molecular complexity index is 830. The maximum Gasteiger partial charge on any atom is 0.253 e. The molecule has 0 aliphatic heterocycles. The van der Waals surface area contributed by atoms with Crippen molar-refractivity contribution in [3.8, 4) is 11.4 Å². The topological polar surface area (TPSA) is 54.6 Å². The Morgan fingerprint density at radius 3 is 2.87 bits per heavy atom. The third kappa shape index (κ3) is 3.12. The average molecular weight is 311 g/mol. The van der Waals surface area contributed by atoms with E-state index in [9.17, 15) is 4.79 Å². The molecule has 3 rings (SSSR count). The van der Waals surface area contributed by atoms with Crippen LogP contribution < -0.4 is 5.32 Å². The van der Waals surface area contributed by atoms with E-state index in [4.69, 9.17) is 0 Å². The maximum atomic E-state index is 12.5. The van der Waals surface area contributed by atoms with Crippen molar-refractivity contribution in [2.24, 2.45) is 7.05 Å². The predicted octanol–water partition coefficient (Wildman–Crippen LogP) is 1.63. The molecule has 120 valence electrons. The van der Waals surface area contributed by atoms with Crippen molar-refractivity contribution >= 4 is 11.4 Å². The molecular weight excluding hydrogens is 290 g/mol. The van der Waals surface area contributed by atoms with E-state index < -0.39 is 0 Å². The summed E-state index contributed by atoms with van der Waals surface area (Å²) in [4.78, 5) is 19.0. The molecule has 0 atom stereocenters. The molecule has 0 aliphatic carbocycles. The van der Waals surface area contributed by atoms with Crippen LogP contribution in [0.25, 0.3) is 16.9 Å². The molecule has 23 heavy (non-hydrogen) atoms. The second kappa shape index (κ2) is 6.26. The third-order valence-electron chi connectivity index (χ3n) is 3.73. The minimum Gasteiger partial charge on any atom is -0.351 e. The summed E-state index contributed by atoms with van der Waals surface area (Å²) in [5.41, 5.74) is 3.32. The van der Waals surface area contributed by atoms with Crippen LogP contribution >= 0.6 is 0 Å². The minimum absolute atomic E-state index is 0.0577. The molecule has 0 bridgehead atoms. The largest absolute Gasteiger partial charge is 0.351 e. The van der Waals surface area contributed by atoms with Gasteiger partial charge in [0.2, 0.25) is 0 Å². The fourth-order valence-corrected chi connectivity index (χ4v) is 2.57. The van der Waals surface area contributed by atoms with Crippen LogP contribution in [0.15, 0.2) is 43.0 Å². The summed E-state index contributed by atoms with van der Waals surface area (Å²) in [6.45, 7) is 1.43. The van der Waals surface area contributed by atoms with Gasteiger partial charge in [-0.25, -0.2) is 4.98 Å². The molecular formula is C17H21N5O. The van der Waals surface area contributed by atoms with Crippen LogP contribution in [0.4, 0.5) is 0 Å². The normalized spacial score (nSPS) is 11.3. The molecule has 6 heteroatoms. The number of aromatic nitrogens is 3. The van der Waals surface area contributed by atoms with Crippen molar-refractivity contribution in [3.63, 3.8) is 0 Å². The highest BCUT2D eigenvalue weighted by molar-refractivity contribution is 6.02. The van der Waals surface area contributed by atoms with Crippen LogP contribution in [-0.2, 0) is 7.05 Å². The molecule has 0 unspecified atom stereocenters. The van der Waals surface area contributed by atoms with E-state index in [1.54, 1.807) is 6.33 Å². The standard InChI is InChI=1S/C17H21N5O/c1-20(2)9-7-18-17(23)13-10-16(14-11-21(3)12-19-14)22-8-5-4-6-15(13)22/h4-6,8,10-12H,7,9H2,1-3H3,(H,18,23). The molecule has 0 fully saturated rings. The van der Waals surface area contributed by atoms with Crippen molar-refractivity contribution in [2.45, 2.75) is 0 Å². The Balaban J connectivity index is 1.96. The number of fused-ring (bicyclic) bond motifs is 1. The average Bonchev–Trinajstić information content (AvgIpc) is 3.10. The number of aryl methyl sites for hydroxylation is 1. The van der Waals surface area contributed by atoms with Crippen LogP contribution in [0.2, 0.25) is 0 Å². The van der Waals surface area contributed by atoms with E-state index in [1.165, 1.54) is 0 Å². The van der Waals surface area contributed by atoms with Crippen molar-refractivity contribution < 1.29 is 4.79 Å². The van der Waals surface area contributed by atoms with Crippen LogP contribution in [0.3, 0.4) is 0 Å². The fourth-order valence-electron chi connectivity index (χ4n) is 2.57. The second-order valence-electron chi connectivity index (χ2n) is 5.88. The molecule has 0 spiro atoms. The molecule has 0 radical (unpaired) electrons. The molecule has 0 aromatic carbocycles. The number of carbonyl (C=O) groups is 1. The van der Waals surface area contributed by atoms with Gasteiger partial charge in [0.05, 0.1) is 23.1 Å². The fraction of sp³-hybridized carbons (Fsp3) is 0.294. The second-order valence-corrected chi connectivity index (χ2v) is 5.88. The molecule has 6 nitrogen and oxygen atoms in total. The first-order chi connectivity index (χ1) is 11.1. The first-order valence-electron chi connectivity index (χ1n) is 7.57. The van der Waals surface area contributed by atoms with E-state index in [0.29, 0.717) is 12.1 Å². The number of hydrogen-bond donors (Lipinski definition) is 1. The number of imidazole rings is 1. The first kappa shape index (κ1) is 15.3. The number of amides is 1. The van der Waals surface area contributed by atoms with Gasteiger partial charge in [0.15, 0.2) is 0 Å². The zero-order chi connectivity index (χ0) is 16.4. The van der Waals surface area contributed by atoms with E-state index in [2.05, 4.69) is 10.3 Å². The smallest absolute Gasteiger partial charge is 0.253 e. The summed E-state index contributed by atoms with van der Waals surface area (Å²) in [5.74, 6) is -0.0577. The number of nitrogens with zero attached hydrogens (tertiary/aromatic N) is 4. The van der Waals surface area contributed by atoms with Gasteiger partial charge in [0.1, 0.15) is 5.69 Å². The Morgan fingerprint density at radius 1 is 1.35 bits per heavy atom. The highest BCUT2D eigenvalue weighted by Crippen LogP contribution is 2.24. The summed E-state index contributed by atoms with van der Waals surface area (Å²) in [6.07, 6.45) is 5.66. The van der Waals surface area contributed by atoms with Crippen LogP contribution in [0, 0.1) is 0 Å². The van der Waals surface area contributed by atoms with Crippen molar-refractivity contribution in [1.82, 2.24) is 24.2 Å². The van der Waals surface area contributed by atoms with Crippen LogP contribution in [0.5, 0.6) is 0 Å². The van der Waals surface area contributed by atoms with Gasteiger partial charge in [-0.3, -0.25) is 4.79 Å². The van der Waals surface area contributed by atoms with Gasteiger partial charge < -0.3 is 19.2 Å². The van der Waals surface area contributed by atoms with E-state index in [1.807, 2.05) is 71.7 Å². The lowest BCUT2D eigenvalue weighted by atomic mass is 10.2. The highest BCUT2D eigenvalue weighted by atomic mass is 16.1.